The van der Waals surface area contributed by atoms with Crippen molar-refractivity contribution in [3.63, 3.8) is 0 Å². The fourth-order valence-electron chi connectivity index (χ4n) is 9.87. The monoisotopic (exact) mass is 756 g/mol. The number of aromatic nitrogens is 2. The van der Waals surface area contributed by atoms with Crippen LogP contribution < -0.4 is 20.7 Å². The molecule has 3 nitrogen and oxygen atoms in total. The number of rotatable bonds is 6. The van der Waals surface area contributed by atoms with Crippen molar-refractivity contribution in [1.29, 1.82) is 0 Å². The molecule has 0 saturated carbocycles. The van der Waals surface area contributed by atoms with Crippen LogP contribution in [-0.2, 0) is 0 Å². The van der Waals surface area contributed by atoms with Crippen LogP contribution >= 0.6 is 0 Å². The molecule has 0 amide bonds. The zero-order chi connectivity index (χ0) is 38.2. The molecule has 0 unspecified atom stereocenters. The highest BCUT2D eigenvalue weighted by atomic mass is 28.3. The van der Waals surface area contributed by atoms with Gasteiger partial charge < -0.3 is 13.6 Å². The van der Waals surface area contributed by atoms with Crippen molar-refractivity contribution in [2.24, 2.45) is 0 Å². The first-order valence-corrected chi connectivity index (χ1v) is 21.9. The van der Waals surface area contributed by atoms with Gasteiger partial charge in [-0.2, -0.15) is 0 Å². The number of hydrogen-bond acceptors (Lipinski definition) is 1. The Bertz CT molecular complexity index is 3410. The van der Waals surface area contributed by atoms with E-state index in [0.717, 1.165) is 22.2 Å². The predicted octanol–water partition coefficient (Wildman–Crippen LogP) is 11.2. The van der Waals surface area contributed by atoms with Crippen LogP contribution in [0.2, 0.25) is 0 Å². The molecule has 3 aromatic heterocycles. The minimum absolute atomic E-state index is 0.913. The van der Waals surface area contributed by atoms with Crippen LogP contribution in [0.4, 0.5) is 0 Å². The van der Waals surface area contributed by atoms with Gasteiger partial charge in [0.25, 0.3) is 0 Å². The second-order valence-corrected chi connectivity index (χ2v) is 19.0. The number of para-hydroxylation sites is 4. The van der Waals surface area contributed by atoms with Crippen molar-refractivity contribution in [2.75, 3.05) is 0 Å². The molecule has 0 bridgehead atoms. The molecule has 12 aromatic rings. The summed E-state index contributed by atoms with van der Waals surface area (Å²) in [7, 11) is -2.89. The van der Waals surface area contributed by atoms with Crippen molar-refractivity contribution in [2.45, 2.75) is 0 Å². The molecule has 4 heteroatoms. The van der Waals surface area contributed by atoms with Crippen LogP contribution in [0.25, 0.3) is 76.9 Å². The van der Waals surface area contributed by atoms with Gasteiger partial charge in [-0.15, -0.1) is 0 Å². The van der Waals surface area contributed by atoms with Crippen LogP contribution in [0, 0.1) is 0 Å². The minimum atomic E-state index is -2.89. The molecule has 272 valence electrons. The fourth-order valence-corrected chi connectivity index (χ4v) is 14.6. The van der Waals surface area contributed by atoms with Gasteiger partial charge >= 0.3 is 0 Å². The Hall–Kier alpha value is -7.40. The van der Waals surface area contributed by atoms with Crippen LogP contribution in [0.15, 0.2) is 223 Å². The van der Waals surface area contributed by atoms with Gasteiger partial charge in [0.05, 0.1) is 22.1 Å². The Labute approximate surface area is 336 Å². The molecule has 0 atom stereocenters. The summed E-state index contributed by atoms with van der Waals surface area (Å²) in [6.45, 7) is 0. The molecular weight excluding hydrogens is 721 g/mol. The summed E-state index contributed by atoms with van der Waals surface area (Å²) in [5.41, 5.74) is 8.89. The Kier molecular flexibility index (Phi) is 7.25. The molecule has 0 aliphatic rings. The highest BCUT2D eigenvalue weighted by Crippen LogP contribution is 2.41. The van der Waals surface area contributed by atoms with Crippen molar-refractivity contribution in [3.05, 3.63) is 218 Å². The van der Waals surface area contributed by atoms with Gasteiger partial charge in [-0.05, 0) is 81.4 Å². The highest BCUT2D eigenvalue weighted by Gasteiger charge is 2.41. The third-order valence-electron chi connectivity index (χ3n) is 12.3. The summed E-state index contributed by atoms with van der Waals surface area (Å²) in [5.74, 6) is 0. The van der Waals surface area contributed by atoms with Gasteiger partial charge in [-0.1, -0.05) is 158 Å². The third-order valence-corrected chi connectivity index (χ3v) is 17.0. The second-order valence-electron chi connectivity index (χ2n) is 15.2. The standard InChI is InChI=1S/C54H36N2OSi/c1-3-17-39(18-4-1)58(40-19-5-2-6-20-40,42-21-15-16-38(36-42)56-47-26-11-7-22-43(47)44-23-8-12-27-48(44)56)41-32-30-37(31-33-41)55-49-28-13-9-24-45(49)53-50(55)34-35-52-54(53)46-25-10-14-29-51(46)57-52/h1-36H. The van der Waals surface area contributed by atoms with E-state index in [1.807, 2.05) is 6.07 Å². The zero-order valence-electron chi connectivity index (χ0n) is 31.6. The lowest BCUT2D eigenvalue weighted by atomic mass is 10.1. The van der Waals surface area contributed by atoms with Gasteiger partial charge in [-0.25, -0.2) is 0 Å². The van der Waals surface area contributed by atoms with Gasteiger partial charge in [0, 0.05) is 43.7 Å². The normalized spacial score (nSPS) is 12.1. The molecule has 0 aliphatic carbocycles. The van der Waals surface area contributed by atoms with Crippen molar-refractivity contribution in [1.82, 2.24) is 9.13 Å². The molecular formula is C54H36N2OSi. The number of nitrogens with zero attached hydrogens (tertiary/aromatic N) is 2. The maximum absolute atomic E-state index is 6.37. The van der Waals surface area contributed by atoms with E-state index in [1.165, 1.54) is 75.4 Å². The van der Waals surface area contributed by atoms with E-state index < -0.39 is 8.07 Å². The topological polar surface area (TPSA) is 23.0 Å². The average molecular weight is 757 g/mol. The highest BCUT2D eigenvalue weighted by molar-refractivity contribution is 7.19. The Morgan fingerprint density at radius 1 is 0.293 bits per heavy atom. The summed E-state index contributed by atoms with van der Waals surface area (Å²) >= 11 is 0. The summed E-state index contributed by atoms with van der Waals surface area (Å²) in [6.07, 6.45) is 0. The van der Waals surface area contributed by atoms with E-state index in [9.17, 15) is 0 Å². The molecule has 0 fully saturated rings. The van der Waals surface area contributed by atoms with Crippen LogP contribution in [-0.4, -0.2) is 17.2 Å². The predicted molar refractivity (Wildman–Crippen MR) is 246 cm³/mol. The zero-order valence-corrected chi connectivity index (χ0v) is 32.6. The van der Waals surface area contributed by atoms with E-state index in [-0.39, 0.29) is 0 Å². The van der Waals surface area contributed by atoms with Crippen LogP contribution in [0.5, 0.6) is 0 Å². The lowest BCUT2D eigenvalue weighted by Gasteiger charge is -2.35. The lowest BCUT2D eigenvalue weighted by molar-refractivity contribution is 0.669. The second kappa shape index (κ2) is 12.8. The Morgan fingerprint density at radius 2 is 0.793 bits per heavy atom. The van der Waals surface area contributed by atoms with E-state index >= 15 is 0 Å². The number of hydrogen-bond donors (Lipinski definition) is 0. The van der Waals surface area contributed by atoms with Crippen molar-refractivity contribution >= 4 is 94.4 Å². The van der Waals surface area contributed by atoms with Gasteiger partial charge in [-0.3, -0.25) is 0 Å². The number of benzene rings is 9. The van der Waals surface area contributed by atoms with E-state index in [4.69, 9.17) is 4.42 Å². The van der Waals surface area contributed by atoms with Gasteiger partial charge in [0.1, 0.15) is 11.2 Å². The Balaban J connectivity index is 1.11. The van der Waals surface area contributed by atoms with Gasteiger partial charge in [0.2, 0.25) is 0 Å². The maximum Gasteiger partial charge on any atom is 0.179 e. The van der Waals surface area contributed by atoms with E-state index in [2.05, 4.69) is 221 Å². The SMILES string of the molecule is c1ccc([Si](c2ccccc2)(c2ccc(-n3c4ccccc4c4c5c(ccc43)oc3ccccc35)cc2)c2cccc(-n3c4ccccc4c4ccccc43)c2)cc1. The number of furan rings is 1. The summed E-state index contributed by atoms with van der Waals surface area (Å²) < 4.78 is 11.2. The molecule has 0 spiro atoms. The molecule has 0 radical (unpaired) electrons. The molecule has 9 aromatic carbocycles. The lowest BCUT2D eigenvalue weighted by Crippen LogP contribution is -2.74. The molecule has 0 aliphatic heterocycles. The Morgan fingerprint density at radius 3 is 1.45 bits per heavy atom. The molecule has 0 N–H and O–H groups in total. The van der Waals surface area contributed by atoms with Crippen LogP contribution in [0.3, 0.4) is 0 Å². The summed E-state index contributed by atoms with van der Waals surface area (Å²) in [5, 5.41) is 12.6. The largest absolute Gasteiger partial charge is 0.456 e. The molecule has 12 rings (SSSR count). The minimum Gasteiger partial charge on any atom is -0.456 e. The first kappa shape index (κ1) is 32.8. The maximum atomic E-state index is 6.37. The quantitative estimate of drug-likeness (QED) is 0.122. The average Bonchev–Trinajstić information content (AvgIpc) is 3.96. The third kappa shape index (κ3) is 4.67. The molecule has 58 heavy (non-hydrogen) atoms. The fraction of sp³-hybridized carbons (Fsp3) is 0. The van der Waals surface area contributed by atoms with E-state index in [0.29, 0.717) is 0 Å². The number of fused-ring (bicyclic) bond motifs is 10. The van der Waals surface area contributed by atoms with Crippen LogP contribution in [0.1, 0.15) is 0 Å². The first-order chi connectivity index (χ1) is 28.8. The summed E-state index contributed by atoms with van der Waals surface area (Å²) in [4.78, 5) is 0. The van der Waals surface area contributed by atoms with Gasteiger partial charge in [0.15, 0.2) is 8.07 Å². The van der Waals surface area contributed by atoms with Crippen molar-refractivity contribution in [3.8, 4) is 11.4 Å². The smallest absolute Gasteiger partial charge is 0.179 e. The molecule has 0 saturated heterocycles. The van der Waals surface area contributed by atoms with E-state index in [1.54, 1.807) is 0 Å². The van der Waals surface area contributed by atoms with Crippen molar-refractivity contribution < 1.29 is 4.42 Å². The summed E-state index contributed by atoms with van der Waals surface area (Å²) in [6, 6.07) is 80.3. The molecule has 3 heterocycles. The first-order valence-electron chi connectivity index (χ1n) is 19.9.